The molecule has 2 amide bonds. The fourth-order valence-electron chi connectivity index (χ4n) is 2.58. The fraction of sp³-hybridized carbons (Fsp3) is 0.529. The van der Waals surface area contributed by atoms with Gasteiger partial charge < -0.3 is 15.0 Å². The molecule has 0 bridgehead atoms. The molecule has 22 heavy (non-hydrogen) atoms. The second-order valence-electron chi connectivity index (χ2n) is 5.48. The van der Waals surface area contributed by atoms with E-state index in [1.54, 1.807) is 24.3 Å². The normalized spacial score (nSPS) is 15.0. The van der Waals surface area contributed by atoms with Crippen molar-refractivity contribution in [3.63, 3.8) is 0 Å². The molecule has 1 aliphatic heterocycles. The Morgan fingerprint density at radius 3 is 2.32 bits per heavy atom. The van der Waals surface area contributed by atoms with Crippen LogP contribution in [0.3, 0.4) is 0 Å². The fourth-order valence-corrected chi connectivity index (χ4v) is 2.58. The Morgan fingerprint density at radius 1 is 1.09 bits per heavy atom. The topological polar surface area (TPSA) is 58.6 Å². The zero-order valence-electron chi connectivity index (χ0n) is 13.1. The highest BCUT2D eigenvalue weighted by atomic mass is 16.5. The van der Waals surface area contributed by atoms with Crippen molar-refractivity contribution in [3.05, 3.63) is 24.3 Å². The zero-order valence-corrected chi connectivity index (χ0v) is 13.1. The van der Waals surface area contributed by atoms with Crippen LogP contribution in [0, 0.1) is 0 Å². The Balaban J connectivity index is 1.82. The second-order valence-corrected chi connectivity index (χ2v) is 5.48. The van der Waals surface area contributed by atoms with Gasteiger partial charge in [0.05, 0.1) is 6.61 Å². The van der Waals surface area contributed by atoms with Gasteiger partial charge in [0.1, 0.15) is 12.2 Å². The maximum atomic E-state index is 12.1. The van der Waals surface area contributed by atoms with Crippen molar-refractivity contribution in [3.8, 4) is 5.75 Å². The van der Waals surface area contributed by atoms with Crippen LogP contribution in [0.2, 0.25) is 0 Å². The Morgan fingerprint density at radius 2 is 1.73 bits per heavy atom. The van der Waals surface area contributed by atoms with Crippen molar-refractivity contribution < 1.29 is 14.3 Å². The number of hydrogen-bond acceptors (Lipinski definition) is 3. The van der Waals surface area contributed by atoms with Crippen LogP contribution in [0.25, 0.3) is 0 Å². The standard InChI is InChI=1S/C17H24N2O3/c1-2-22-15-9-7-14(8-10-15)18-16(20)13-17(21)19-11-5-3-4-6-12-19/h7-10H,2-6,11-13H2,1H3,(H,18,20). The molecule has 1 fully saturated rings. The van der Waals surface area contributed by atoms with Gasteiger partial charge in [0.2, 0.25) is 11.8 Å². The summed E-state index contributed by atoms with van der Waals surface area (Å²) in [6, 6.07) is 7.16. The molecule has 0 unspecified atom stereocenters. The van der Waals surface area contributed by atoms with Gasteiger partial charge in [-0.3, -0.25) is 9.59 Å². The minimum atomic E-state index is -0.265. The van der Waals surface area contributed by atoms with E-state index in [0.29, 0.717) is 12.3 Å². The van der Waals surface area contributed by atoms with Crippen molar-refractivity contribution in [2.24, 2.45) is 0 Å². The Hall–Kier alpha value is -2.04. The molecule has 1 saturated heterocycles. The van der Waals surface area contributed by atoms with E-state index in [2.05, 4.69) is 5.32 Å². The first kappa shape index (κ1) is 16.3. The summed E-state index contributed by atoms with van der Waals surface area (Å²) >= 11 is 0. The van der Waals surface area contributed by atoms with Crippen molar-refractivity contribution in [2.45, 2.75) is 39.0 Å². The Labute approximate surface area is 131 Å². The molecule has 1 aromatic rings. The van der Waals surface area contributed by atoms with E-state index in [1.165, 1.54) is 12.8 Å². The number of anilines is 1. The molecule has 1 N–H and O–H groups in total. The van der Waals surface area contributed by atoms with Crippen molar-refractivity contribution >= 4 is 17.5 Å². The number of ether oxygens (including phenoxy) is 1. The molecule has 1 heterocycles. The minimum absolute atomic E-state index is 0.0784. The maximum Gasteiger partial charge on any atom is 0.233 e. The first-order chi connectivity index (χ1) is 10.7. The lowest BCUT2D eigenvalue weighted by Gasteiger charge is -2.19. The van der Waals surface area contributed by atoms with Gasteiger partial charge in [0, 0.05) is 18.8 Å². The van der Waals surface area contributed by atoms with Gasteiger partial charge in [0.25, 0.3) is 0 Å². The van der Waals surface area contributed by atoms with E-state index in [0.717, 1.165) is 31.7 Å². The summed E-state index contributed by atoms with van der Waals surface area (Å²) in [7, 11) is 0. The first-order valence-corrected chi connectivity index (χ1v) is 7.99. The van der Waals surface area contributed by atoms with E-state index in [4.69, 9.17) is 4.74 Å². The Bertz CT molecular complexity index is 491. The summed E-state index contributed by atoms with van der Waals surface area (Å²) in [6.45, 7) is 4.07. The van der Waals surface area contributed by atoms with Crippen LogP contribution in [0.5, 0.6) is 5.75 Å². The predicted octanol–water partition coefficient (Wildman–Crippen LogP) is 2.82. The average Bonchev–Trinajstić information content (AvgIpc) is 2.78. The van der Waals surface area contributed by atoms with Gasteiger partial charge in [-0.05, 0) is 44.0 Å². The molecule has 2 rings (SSSR count). The lowest BCUT2D eigenvalue weighted by atomic mass is 10.2. The van der Waals surface area contributed by atoms with Gasteiger partial charge in [0.15, 0.2) is 0 Å². The average molecular weight is 304 g/mol. The molecule has 120 valence electrons. The van der Waals surface area contributed by atoms with E-state index >= 15 is 0 Å². The Kier molecular flexibility index (Phi) is 6.25. The largest absolute Gasteiger partial charge is 0.494 e. The maximum absolute atomic E-state index is 12.1. The number of nitrogens with zero attached hydrogens (tertiary/aromatic N) is 1. The van der Waals surface area contributed by atoms with Gasteiger partial charge in [-0.15, -0.1) is 0 Å². The lowest BCUT2D eigenvalue weighted by Crippen LogP contribution is -2.34. The minimum Gasteiger partial charge on any atom is -0.494 e. The number of carbonyl (C=O) groups excluding carboxylic acids is 2. The van der Waals surface area contributed by atoms with Crippen molar-refractivity contribution in [2.75, 3.05) is 25.0 Å². The third kappa shape index (κ3) is 5.06. The molecule has 1 aromatic carbocycles. The molecule has 0 radical (unpaired) electrons. The molecular formula is C17H24N2O3. The quantitative estimate of drug-likeness (QED) is 0.851. The van der Waals surface area contributed by atoms with Crippen LogP contribution in [-0.2, 0) is 9.59 Å². The van der Waals surface area contributed by atoms with E-state index in [-0.39, 0.29) is 18.2 Å². The molecule has 0 spiro atoms. The SMILES string of the molecule is CCOc1ccc(NC(=O)CC(=O)N2CCCCCC2)cc1. The third-order valence-corrected chi connectivity index (χ3v) is 3.72. The molecule has 0 atom stereocenters. The molecule has 0 aromatic heterocycles. The van der Waals surface area contributed by atoms with Crippen molar-refractivity contribution in [1.82, 2.24) is 4.90 Å². The molecule has 5 nitrogen and oxygen atoms in total. The van der Waals surface area contributed by atoms with Crippen LogP contribution in [0.15, 0.2) is 24.3 Å². The van der Waals surface area contributed by atoms with Gasteiger partial charge in [-0.1, -0.05) is 12.8 Å². The predicted molar refractivity (Wildman–Crippen MR) is 85.9 cm³/mol. The number of carbonyl (C=O) groups is 2. The molecule has 5 heteroatoms. The van der Waals surface area contributed by atoms with Crippen molar-refractivity contribution in [1.29, 1.82) is 0 Å². The summed E-state index contributed by atoms with van der Waals surface area (Å²) in [5, 5.41) is 2.75. The summed E-state index contributed by atoms with van der Waals surface area (Å²) in [4.78, 5) is 25.9. The highest BCUT2D eigenvalue weighted by molar-refractivity contribution is 6.03. The lowest BCUT2D eigenvalue weighted by molar-refractivity contribution is -0.134. The number of amides is 2. The summed E-state index contributed by atoms with van der Waals surface area (Å²) in [5.74, 6) is 0.421. The van der Waals surface area contributed by atoms with Gasteiger partial charge >= 0.3 is 0 Å². The van der Waals surface area contributed by atoms with Gasteiger partial charge in [-0.25, -0.2) is 0 Å². The number of hydrogen-bond donors (Lipinski definition) is 1. The van der Waals surface area contributed by atoms with Crippen LogP contribution in [0.4, 0.5) is 5.69 Å². The smallest absolute Gasteiger partial charge is 0.233 e. The highest BCUT2D eigenvalue weighted by Gasteiger charge is 2.18. The van der Waals surface area contributed by atoms with E-state index < -0.39 is 0 Å². The van der Waals surface area contributed by atoms with Crippen LogP contribution >= 0.6 is 0 Å². The monoisotopic (exact) mass is 304 g/mol. The third-order valence-electron chi connectivity index (χ3n) is 3.72. The molecule has 1 aliphatic rings. The van der Waals surface area contributed by atoms with E-state index in [9.17, 15) is 9.59 Å². The molecule has 0 aliphatic carbocycles. The number of likely N-dealkylation sites (tertiary alicyclic amines) is 1. The summed E-state index contributed by atoms with van der Waals surface area (Å²) in [6.07, 6.45) is 4.32. The molecular weight excluding hydrogens is 280 g/mol. The summed E-state index contributed by atoms with van der Waals surface area (Å²) < 4.78 is 5.35. The molecule has 0 saturated carbocycles. The van der Waals surface area contributed by atoms with Crippen LogP contribution in [-0.4, -0.2) is 36.4 Å². The number of benzene rings is 1. The second kappa shape index (κ2) is 8.41. The van der Waals surface area contributed by atoms with Crippen LogP contribution in [0.1, 0.15) is 39.0 Å². The van der Waals surface area contributed by atoms with E-state index in [1.807, 2.05) is 11.8 Å². The first-order valence-electron chi connectivity index (χ1n) is 7.99. The van der Waals surface area contributed by atoms with Crippen LogP contribution < -0.4 is 10.1 Å². The van der Waals surface area contributed by atoms with Gasteiger partial charge in [-0.2, -0.15) is 0 Å². The zero-order chi connectivity index (χ0) is 15.8. The number of rotatable bonds is 5. The highest BCUT2D eigenvalue weighted by Crippen LogP contribution is 2.16. The number of nitrogens with one attached hydrogen (secondary N) is 1. The summed E-state index contributed by atoms with van der Waals surface area (Å²) in [5.41, 5.74) is 0.678.